The van der Waals surface area contributed by atoms with Gasteiger partial charge in [0.25, 0.3) is 0 Å². The van der Waals surface area contributed by atoms with Gasteiger partial charge >= 0.3 is 0 Å². The highest BCUT2D eigenvalue weighted by atomic mass is 79.9. The fourth-order valence-electron chi connectivity index (χ4n) is 1.51. The Morgan fingerprint density at radius 2 is 2.11 bits per heavy atom. The van der Waals surface area contributed by atoms with Crippen molar-refractivity contribution < 1.29 is 9.84 Å². The Labute approximate surface area is 119 Å². The molecule has 1 aromatic carbocycles. The molecule has 2 aromatic rings. The van der Waals surface area contributed by atoms with Crippen molar-refractivity contribution in [2.45, 2.75) is 13.2 Å². The molecule has 0 aliphatic rings. The molecule has 0 saturated carbocycles. The first-order valence-electron chi connectivity index (χ1n) is 5.30. The van der Waals surface area contributed by atoms with Crippen LogP contribution < -0.4 is 4.74 Å². The molecule has 1 aromatic heterocycles. The van der Waals surface area contributed by atoms with Crippen LogP contribution in [0.4, 0.5) is 0 Å². The first kappa shape index (κ1) is 13.3. The third-order valence-corrected chi connectivity index (χ3v) is 3.02. The normalized spacial score (nSPS) is 10.4. The lowest BCUT2D eigenvalue weighted by atomic mass is 10.2. The lowest BCUT2D eigenvalue weighted by Crippen LogP contribution is -1.99. The highest BCUT2D eigenvalue weighted by Crippen LogP contribution is 2.24. The van der Waals surface area contributed by atoms with Gasteiger partial charge in [0.05, 0.1) is 6.61 Å². The van der Waals surface area contributed by atoms with Crippen molar-refractivity contribution in [3.8, 4) is 5.75 Å². The SMILES string of the molecule is OCc1cc(Cl)ccc1OCc1cncc(Br)c1. The van der Waals surface area contributed by atoms with Crippen LogP contribution in [0, 0.1) is 0 Å². The summed E-state index contributed by atoms with van der Waals surface area (Å²) in [4.78, 5) is 4.06. The van der Waals surface area contributed by atoms with Crippen LogP contribution in [-0.2, 0) is 13.2 Å². The minimum atomic E-state index is -0.105. The zero-order valence-corrected chi connectivity index (χ0v) is 11.8. The minimum absolute atomic E-state index is 0.105. The van der Waals surface area contributed by atoms with Crippen LogP contribution >= 0.6 is 27.5 Å². The molecule has 0 bridgehead atoms. The van der Waals surface area contributed by atoms with Crippen LogP contribution in [0.25, 0.3) is 0 Å². The van der Waals surface area contributed by atoms with Crippen molar-refractivity contribution in [1.82, 2.24) is 4.98 Å². The van der Waals surface area contributed by atoms with E-state index >= 15 is 0 Å². The molecule has 3 nitrogen and oxygen atoms in total. The quantitative estimate of drug-likeness (QED) is 0.933. The first-order chi connectivity index (χ1) is 8.69. The summed E-state index contributed by atoms with van der Waals surface area (Å²) < 4.78 is 6.55. The molecule has 1 heterocycles. The largest absolute Gasteiger partial charge is 0.488 e. The van der Waals surface area contributed by atoms with Gasteiger partial charge in [-0.15, -0.1) is 0 Å². The van der Waals surface area contributed by atoms with Crippen molar-refractivity contribution in [1.29, 1.82) is 0 Å². The molecule has 0 saturated heterocycles. The first-order valence-corrected chi connectivity index (χ1v) is 6.47. The van der Waals surface area contributed by atoms with Crippen molar-refractivity contribution >= 4 is 27.5 Å². The van der Waals surface area contributed by atoms with Gasteiger partial charge in [-0.2, -0.15) is 0 Å². The Morgan fingerprint density at radius 1 is 1.28 bits per heavy atom. The van der Waals surface area contributed by atoms with Crippen LogP contribution in [0.5, 0.6) is 5.75 Å². The highest BCUT2D eigenvalue weighted by Gasteiger charge is 2.04. The van der Waals surface area contributed by atoms with Gasteiger partial charge in [0.1, 0.15) is 12.4 Å². The summed E-state index contributed by atoms with van der Waals surface area (Å²) in [6.45, 7) is 0.285. The Morgan fingerprint density at radius 3 is 2.83 bits per heavy atom. The predicted octanol–water partition coefficient (Wildman–Crippen LogP) is 3.57. The second kappa shape index (κ2) is 6.18. The Kier molecular flexibility index (Phi) is 4.58. The monoisotopic (exact) mass is 327 g/mol. The van der Waals surface area contributed by atoms with E-state index in [0.717, 1.165) is 10.0 Å². The molecule has 0 unspecified atom stereocenters. The number of benzene rings is 1. The van der Waals surface area contributed by atoms with E-state index in [-0.39, 0.29) is 6.61 Å². The second-order valence-electron chi connectivity index (χ2n) is 3.71. The van der Waals surface area contributed by atoms with Crippen molar-refractivity contribution in [3.05, 3.63) is 57.3 Å². The smallest absolute Gasteiger partial charge is 0.125 e. The Hall–Kier alpha value is -1.10. The molecule has 5 heteroatoms. The summed E-state index contributed by atoms with van der Waals surface area (Å²) in [5.74, 6) is 0.627. The Balaban J connectivity index is 2.10. The molecule has 0 atom stereocenters. The van der Waals surface area contributed by atoms with Crippen molar-refractivity contribution in [3.63, 3.8) is 0 Å². The second-order valence-corrected chi connectivity index (χ2v) is 5.06. The molecular weight excluding hydrogens is 318 g/mol. The molecule has 94 valence electrons. The van der Waals surface area contributed by atoms with Gasteiger partial charge in [0, 0.05) is 33.0 Å². The number of nitrogens with zero attached hydrogens (tertiary/aromatic N) is 1. The number of ether oxygens (including phenoxy) is 1. The lowest BCUT2D eigenvalue weighted by Gasteiger charge is -2.10. The van der Waals surface area contributed by atoms with Crippen LogP contribution in [0.3, 0.4) is 0 Å². The van der Waals surface area contributed by atoms with Gasteiger partial charge in [-0.3, -0.25) is 4.98 Å². The minimum Gasteiger partial charge on any atom is -0.488 e. The van der Waals surface area contributed by atoms with E-state index in [2.05, 4.69) is 20.9 Å². The summed E-state index contributed by atoms with van der Waals surface area (Å²) in [5.41, 5.74) is 1.62. The topological polar surface area (TPSA) is 42.4 Å². The maximum Gasteiger partial charge on any atom is 0.125 e. The van der Waals surface area contributed by atoms with E-state index in [9.17, 15) is 5.11 Å². The summed E-state index contributed by atoms with van der Waals surface area (Å²) in [6.07, 6.45) is 3.45. The van der Waals surface area contributed by atoms with Crippen molar-refractivity contribution in [2.75, 3.05) is 0 Å². The molecule has 0 radical (unpaired) electrons. The summed E-state index contributed by atoms with van der Waals surface area (Å²) in [7, 11) is 0. The molecule has 0 aliphatic heterocycles. The molecule has 0 spiro atoms. The molecular formula is C13H11BrClNO2. The zero-order valence-electron chi connectivity index (χ0n) is 9.44. The summed E-state index contributed by atoms with van der Waals surface area (Å²) in [6, 6.07) is 7.10. The average molecular weight is 329 g/mol. The number of hydrogen-bond acceptors (Lipinski definition) is 3. The number of rotatable bonds is 4. The van der Waals surface area contributed by atoms with E-state index in [1.807, 2.05) is 6.07 Å². The third-order valence-electron chi connectivity index (χ3n) is 2.35. The van der Waals surface area contributed by atoms with Crippen LogP contribution in [-0.4, -0.2) is 10.1 Å². The number of aliphatic hydroxyl groups is 1. The van der Waals surface area contributed by atoms with E-state index in [0.29, 0.717) is 22.9 Å². The van der Waals surface area contributed by atoms with E-state index < -0.39 is 0 Å². The maximum absolute atomic E-state index is 9.23. The predicted molar refractivity (Wildman–Crippen MR) is 73.6 cm³/mol. The number of hydrogen-bond donors (Lipinski definition) is 1. The zero-order chi connectivity index (χ0) is 13.0. The van der Waals surface area contributed by atoms with Gasteiger partial charge in [0.2, 0.25) is 0 Å². The molecule has 0 aliphatic carbocycles. The highest BCUT2D eigenvalue weighted by molar-refractivity contribution is 9.10. The van der Waals surface area contributed by atoms with E-state index in [1.165, 1.54) is 0 Å². The van der Waals surface area contributed by atoms with E-state index in [4.69, 9.17) is 16.3 Å². The van der Waals surface area contributed by atoms with E-state index in [1.54, 1.807) is 30.6 Å². The lowest BCUT2D eigenvalue weighted by molar-refractivity contribution is 0.259. The van der Waals surface area contributed by atoms with Crippen LogP contribution in [0.2, 0.25) is 5.02 Å². The maximum atomic E-state index is 9.23. The number of halogens is 2. The van der Waals surface area contributed by atoms with Gasteiger partial charge in [0.15, 0.2) is 0 Å². The van der Waals surface area contributed by atoms with Gasteiger partial charge in [-0.1, -0.05) is 11.6 Å². The summed E-state index contributed by atoms with van der Waals surface area (Å²) >= 11 is 9.20. The number of aliphatic hydroxyl groups excluding tert-OH is 1. The standard InChI is InChI=1S/C13H11BrClNO2/c14-11-3-9(5-16-6-11)8-18-13-2-1-12(15)4-10(13)7-17/h1-6,17H,7-8H2. The summed E-state index contributed by atoms with van der Waals surface area (Å²) in [5, 5.41) is 9.80. The fourth-order valence-corrected chi connectivity index (χ4v) is 2.12. The Bertz CT molecular complexity index is 548. The van der Waals surface area contributed by atoms with Crippen LogP contribution in [0.1, 0.15) is 11.1 Å². The average Bonchev–Trinajstić information content (AvgIpc) is 2.37. The molecule has 18 heavy (non-hydrogen) atoms. The molecule has 0 fully saturated rings. The van der Waals surface area contributed by atoms with Crippen molar-refractivity contribution in [2.24, 2.45) is 0 Å². The van der Waals surface area contributed by atoms with Gasteiger partial charge in [-0.25, -0.2) is 0 Å². The van der Waals surface area contributed by atoms with Crippen LogP contribution in [0.15, 0.2) is 41.1 Å². The third kappa shape index (κ3) is 3.45. The number of pyridine rings is 1. The fraction of sp³-hybridized carbons (Fsp3) is 0.154. The van der Waals surface area contributed by atoms with Gasteiger partial charge < -0.3 is 9.84 Å². The molecule has 0 amide bonds. The molecule has 1 N–H and O–H groups in total. The van der Waals surface area contributed by atoms with Gasteiger partial charge in [-0.05, 0) is 40.2 Å². The molecule has 2 rings (SSSR count). The number of aromatic nitrogens is 1.